The van der Waals surface area contributed by atoms with Crippen molar-refractivity contribution in [2.45, 2.75) is 12.5 Å². The molecule has 1 aromatic rings. The Labute approximate surface area is 98.9 Å². The molecule has 0 unspecified atom stereocenters. The van der Waals surface area contributed by atoms with Crippen LogP contribution in [0.4, 0.5) is 0 Å². The molecule has 1 heterocycles. The highest BCUT2D eigenvalue weighted by Crippen LogP contribution is 2.33. The summed E-state index contributed by atoms with van der Waals surface area (Å²) in [4.78, 5) is 11.0. The van der Waals surface area contributed by atoms with Gasteiger partial charge in [0, 0.05) is 0 Å². The van der Waals surface area contributed by atoms with Crippen LogP contribution < -0.4 is 9.47 Å². The van der Waals surface area contributed by atoms with Gasteiger partial charge in [0.2, 0.25) is 0 Å². The van der Waals surface area contributed by atoms with Gasteiger partial charge in [-0.2, -0.15) is 0 Å². The van der Waals surface area contributed by atoms with Crippen molar-refractivity contribution in [2.24, 2.45) is 0 Å². The summed E-state index contributed by atoms with van der Waals surface area (Å²) in [6.07, 6.45) is -0.964. The molecule has 5 nitrogen and oxygen atoms in total. The Bertz CT molecular complexity index is 415. The number of hydrogen-bond acceptors (Lipinski definition) is 5. The second-order valence-corrected chi connectivity index (χ2v) is 3.70. The number of aliphatic hydroxyl groups is 1. The first kappa shape index (κ1) is 11.7. The summed E-state index contributed by atoms with van der Waals surface area (Å²) in [6, 6.07) is 5.12. The summed E-state index contributed by atoms with van der Waals surface area (Å²) >= 11 is 0. The molecule has 0 saturated carbocycles. The highest BCUT2D eigenvalue weighted by Gasteiger charge is 2.17. The second kappa shape index (κ2) is 5.05. The molecule has 92 valence electrons. The zero-order chi connectivity index (χ0) is 12.3. The summed E-state index contributed by atoms with van der Waals surface area (Å²) in [7, 11) is 1.29. The van der Waals surface area contributed by atoms with Crippen molar-refractivity contribution in [3.63, 3.8) is 0 Å². The number of aliphatic hydroxyl groups excluding tert-OH is 1. The van der Waals surface area contributed by atoms with Gasteiger partial charge < -0.3 is 19.3 Å². The van der Waals surface area contributed by atoms with Gasteiger partial charge in [0.15, 0.2) is 11.5 Å². The maximum atomic E-state index is 11.0. The van der Waals surface area contributed by atoms with E-state index in [-0.39, 0.29) is 6.42 Å². The quantitative estimate of drug-likeness (QED) is 0.797. The molecule has 1 aliphatic rings. The number of fused-ring (bicyclic) bond motifs is 1. The Hall–Kier alpha value is -1.75. The molecule has 5 heteroatoms. The largest absolute Gasteiger partial charge is 0.486 e. The summed E-state index contributed by atoms with van der Waals surface area (Å²) in [5.74, 6) is 0.801. The van der Waals surface area contributed by atoms with Crippen molar-refractivity contribution in [3.8, 4) is 11.5 Å². The molecule has 17 heavy (non-hydrogen) atoms. The second-order valence-electron chi connectivity index (χ2n) is 3.70. The number of rotatable bonds is 3. The van der Waals surface area contributed by atoms with Crippen LogP contribution in [-0.2, 0) is 9.53 Å². The van der Waals surface area contributed by atoms with Gasteiger partial charge in [0.25, 0.3) is 0 Å². The van der Waals surface area contributed by atoms with Crippen LogP contribution in [0.2, 0.25) is 0 Å². The lowest BCUT2D eigenvalue weighted by Gasteiger charge is -2.20. The van der Waals surface area contributed by atoms with E-state index in [1.807, 2.05) is 0 Å². The molecule has 0 aromatic heterocycles. The average Bonchev–Trinajstić information content (AvgIpc) is 2.38. The fraction of sp³-hybridized carbons (Fsp3) is 0.417. The summed E-state index contributed by atoms with van der Waals surface area (Å²) in [5.41, 5.74) is 0.611. The monoisotopic (exact) mass is 238 g/mol. The summed E-state index contributed by atoms with van der Waals surface area (Å²) in [5, 5.41) is 9.83. The van der Waals surface area contributed by atoms with E-state index in [9.17, 15) is 9.90 Å². The number of carbonyl (C=O) groups excluding carboxylic acids is 1. The van der Waals surface area contributed by atoms with E-state index in [0.717, 1.165) is 0 Å². The molecular formula is C12H14O5. The first-order valence-corrected chi connectivity index (χ1v) is 5.35. The minimum atomic E-state index is -0.890. The van der Waals surface area contributed by atoms with Gasteiger partial charge in [-0.3, -0.25) is 4.79 Å². The molecule has 0 amide bonds. The molecule has 1 N–H and O–H groups in total. The van der Waals surface area contributed by atoms with E-state index >= 15 is 0 Å². The van der Waals surface area contributed by atoms with Gasteiger partial charge in [-0.05, 0) is 17.7 Å². The SMILES string of the molecule is COC(=O)C[C@H](O)c1ccc2c(c1)OCCO2. The number of esters is 1. The van der Waals surface area contributed by atoms with Gasteiger partial charge in [-0.15, -0.1) is 0 Å². The Morgan fingerprint density at radius 1 is 1.41 bits per heavy atom. The van der Waals surface area contributed by atoms with E-state index in [1.54, 1.807) is 18.2 Å². The predicted molar refractivity (Wildman–Crippen MR) is 59.0 cm³/mol. The fourth-order valence-electron chi connectivity index (χ4n) is 1.63. The van der Waals surface area contributed by atoms with Gasteiger partial charge in [0.05, 0.1) is 19.6 Å². The average molecular weight is 238 g/mol. The van der Waals surface area contributed by atoms with Crippen LogP contribution in [0.5, 0.6) is 11.5 Å². The Morgan fingerprint density at radius 3 is 2.82 bits per heavy atom. The smallest absolute Gasteiger partial charge is 0.308 e. The van der Waals surface area contributed by atoms with Crippen molar-refractivity contribution in [3.05, 3.63) is 23.8 Å². The van der Waals surface area contributed by atoms with Crippen LogP contribution >= 0.6 is 0 Å². The molecule has 1 aromatic carbocycles. The van der Waals surface area contributed by atoms with Crippen LogP contribution in [0.1, 0.15) is 18.1 Å². The third-order valence-electron chi connectivity index (χ3n) is 2.54. The van der Waals surface area contributed by atoms with Gasteiger partial charge in [-0.25, -0.2) is 0 Å². The number of carbonyl (C=O) groups is 1. The molecule has 1 atom stereocenters. The van der Waals surface area contributed by atoms with Crippen LogP contribution in [0, 0.1) is 0 Å². The van der Waals surface area contributed by atoms with Crippen LogP contribution in [0.25, 0.3) is 0 Å². The molecule has 1 aliphatic heterocycles. The minimum absolute atomic E-state index is 0.0733. The van der Waals surface area contributed by atoms with Gasteiger partial charge in [-0.1, -0.05) is 6.07 Å². The Morgan fingerprint density at radius 2 is 2.12 bits per heavy atom. The van der Waals surface area contributed by atoms with E-state index < -0.39 is 12.1 Å². The number of ether oxygens (including phenoxy) is 3. The molecule has 2 rings (SSSR count). The highest BCUT2D eigenvalue weighted by atomic mass is 16.6. The molecule has 0 spiro atoms. The Kier molecular flexibility index (Phi) is 3.49. The van der Waals surface area contributed by atoms with E-state index in [4.69, 9.17) is 9.47 Å². The maximum absolute atomic E-state index is 11.0. The number of methoxy groups -OCH3 is 1. The summed E-state index contributed by atoms with van der Waals surface area (Å²) < 4.78 is 15.3. The van der Waals surface area contributed by atoms with Crippen LogP contribution in [0.15, 0.2) is 18.2 Å². The molecule has 0 saturated heterocycles. The lowest BCUT2D eigenvalue weighted by atomic mass is 10.1. The van der Waals surface area contributed by atoms with Gasteiger partial charge >= 0.3 is 5.97 Å². The Balaban J connectivity index is 2.13. The molecule has 0 bridgehead atoms. The predicted octanol–water partition coefficient (Wildman–Crippen LogP) is 1.05. The molecule has 0 aliphatic carbocycles. The third kappa shape index (κ3) is 2.68. The maximum Gasteiger partial charge on any atom is 0.308 e. The topological polar surface area (TPSA) is 65.0 Å². The van der Waals surface area contributed by atoms with Crippen molar-refractivity contribution >= 4 is 5.97 Å². The summed E-state index contributed by atoms with van der Waals surface area (Å²) in [6.45, 7) is 1.01. The zero-order valence-corrected chi connectivity index (χ0v) is 9.51. The van der Waals surface area contributed by atoms with Crippen LogP contribution in [-0.4, -0.2) is 31.4 Å². The van der Waals surface area contributed by atoms with Crippen molar-refractivity contribution < 1.29 is 24.1 Å². The van der Waals surface area contributed by atoms with Gasteiger partial charge in [0.1, 0.15) is 13.2 Å². The highest BCUT2D eigenvalue weighted by molar-refractivity contribution is 5.70. The first-order valence-electron chi connectivity index (χ1n) is 5.35. The lowest BCUT2D eigenvalue weighted by Crippen LogP contribution is -2.16. The van der Waals surface area contributed by atoms with Crippen molar-refractivity contribution in [1.82, 2.24) is 0 Å². The first-order chi connectivity index (χ1) is 8.20. The number of benzene rings is 1. The standard InChI is InChI=1S/C12H14O5/c1-15-12(14)7-9(13)8-2-3-10-11(6-8)17-5-4-16-10/h2-3,6,9,13H,4-5,7H2,1H3/t9-/m0/s1. The van der Waals surface area contributed by atoms with E-state index in [2.05, 4.69) is 4.74 Å². The van der Waals surface area contributed by atoms with E-state index in [0.29, 0.717) is 30.3 Å². The zero-order valence-electron chi connectivity index (χ0n) is 9.51. The normalized spacial score (nSPS) is 15.2. The minimum Gasteiger partial charge on any atom is -0.486 e. The van der Waals surface area contributed by atoms with E-state index in [1.165, 1.54) is 7.11 Å². The molecule has 0 fully saturated rings. The molecule has 0 radical (unpaired) electrons. The third-order valence-corrected chi connectivity index (χ3v) is 2.54. The molecular weight excluding hydrogens is 224 g/mol. The van der Waals surface area contributed by atoms with Crippen molar-refractivity contribution in [2.75, 3.05) is 20.3 Å². The number of hydrogen-bond donors (Lipinski definition) is 1. The fourth-order valence-corrected chi connectivity index (χ4v) is 1.63. The van der Waals surface area contributed by atoms with Crippen LogP contribution in [0.3, 0.4) is 0 Å². The lowest BCUT2D eigenvalue weighted by molar-refractivity contribution is -0.142. The van der Waals surface area contributed by atoms with Crippen molar-refractivity contribution in [1.29, 1.82) is 0 Å².